The zero-order valence-electron chi connectivity index (χ0n) is 11.4. The van der Waals surface area contributed by atoms with Crippen LogP contribution in [0.25, 0.3) is 0 Å². The van der Waals surface area contributed by atoms with Gasteiger partial charge in [0.25, 0.3) is 0 Å². The van der Waals surface area contributed by atoms with E-state index in [0.29, 0.717) is 5.92 Å². The average molecular weight is 247 g/mol. The summed E-state index contributed by atoms with van der Waals surface area (Å²) < 4.78 is 0. The molecule has 0 fully saturated rings. The fourth-order valence-electron chi connectivity index (χ4n) is 2.04. The maximum atomic E-state index is 3.73. The third-order valence-corrected chi connectivity index (χ3v) is 3.51. The predicted molar refractivity (Wildman–Crippen MR) is 78.9 cm³/mol. The fraction of sp³-hybridized carbons (Fsp3) is 0.571. The number of nitrogens with one attached hydrogen (secondary N) is 2. The Hall–Kier alpha value is -0.963. The Morgan fingerprint density at radius 3 is 2.29 bits per heavy atom. The molecular formula is C14H23N2Si. The zero-order chi connectivity index (χ0) is 12.8. The van der Waals surface area contributed by atoms with E-state index in [1.807, 2.05) is 0 Å². The molecule has 17 heavy (non-hydrogen) atoms. The first-order chi connectivity index (χ1) is 8.15. The Balaban J connectivity index is 3.26. The first kappa shape index (κ1) is 14.1. The lowest BCUT2D eigenvalue weighted by Crippen LogP contribution is -2.18. The molecule has 3 heteroatoms. The van der Waals surface area contributed by atoms with Crippen molar-refractivity contribution in [2.24, 2.45) is 0 Å². The molecule has 1 aromatic carbocycles. The summed E-state index contributed by atoms with van der Waals surface area (Å²) in [5, 5.41) is 8.11. The average Bonchev–Trinajstić information content (AvgIpc) is 2.32. The Labute approximate surface area is 109 Å². The van der Waals surface area contributed by atoms with Crippen LogP contribution in [0.5, 0.6) is 0 Å². The number of benzene rings is 1. The van der Waals surface area contributed by atoms with E-state index >= 15 is 0 Å². The van der Waals surface area contributed by atoms with E-state index in [1.54, 1.807) is 0 Å². The molecule has 2 N–H and O–H groups in total. The molecule has 0 spiro atoms. The largest absolute Gasteiger partial charge is 0.384 e. The van der Waals surface area contributed by atoms with E-state index in [2.05, 4.69) is 60.7 Å². The summed E-state index contributed by atoms with van der Waals surface area (Å²) >= 11 is 0. The maximum absolute atomic E-state index is 3.73. The van der Waals surface area contributed by atoms with E-state index in [0.717, 1.165) is 19.5 Å². The van der Waals surface area contributed by atoms with Gasteiger partial charge in [0.2, 0.25) is 0 Å². The van der Waals surface area contributed by atoms with Crippen molar-refractivity contribution in [2.75, 3.05) is 23.7 Å². The molecule has 1 rings (SSSR count). The minimum absolute atomic E-state index is 0.551. The molecule has 0 aromatic heterocycles. The highest BCUT2D eigenvalue weighted by molar-refractivity contribution is 6.34. The van der Waals surface area contributed by atoms with Gasteiger partial charge in [0, 0.05) is 13.1 Å². The zero-order valence-corrected chi connectivity index (χ0v) is 12.4. The first-order valence-electron chi connectivity index (χ1n) is 6.51. The van der Waals surface area contributed by atoms with Gasteiger partial charge in [-0.05, 0) is 37.8 Å². The molecule has 0 aliphatic carbocycles. The quantitative estimate of drug-likeness (QED) is 0.755. The van der Waals surface area contributed by atoms with Crippen LogP contribution in [-0.2, 0) is 0 Å². The number of hydrogen-bond donors (Lipinski definition) is 2. The van der Waals surface area contributed by atoms with Crippen LogP contribution in [0, 0.1) is 0 Å². The summed E-state index contributed by atoms with van der Waals surface area (Å²) in [4.78, 5) is 0. The molecular weight excluding hydrogens is 224 g/mol. The highest BCUT2D eigenvalue weighted by Crippen LogP contribution is 2.31. The van der Waals surface area contributed by atoms with Crippen molar-refractivity contribution in [1.29, 1.82) is 0 Å². The van der Waals surface area contributed by atoms with Crippen molar-refractivity contribution in [3.63, 3.8) is 0 Å². The summed E-state index contributed by atoms with van der Waals surface area (Å²) in [6, 6.07) is 4.27. The second-order valence-electron chi connectivity index (χ2n) is 4.32. The van der Waals surface area contributed by atoms with Crippen LogP contribution >= 0.6 is 0 Å². The molecule has 1 aromatic rings. The highest BCUT2D eigenvalue weighted by Gasteiger charge is 2.14. The lowest BCUT2D eigenvalue weighted by atomic mass is 9.95. The SMILES string of the molecule is CCNc1ccc([Si])c(C(C)CC)c1NCC. The number of anilines is 2. The van der Waals surface area contributed by atoms with Crippen LogP contribution in [0.2, 0.25) is 0 Å². The van der Waals surface area contributed by atoms with E-state index in [9.17, 15) is 0 Å². The van der Waals surface area contributed by atoms with Crippen molar-refractivity contribution in [3.05, 3.63) is 17.7 Å². The van der Waals surface area contributed by atoms with Crippen LogP contribution in [0.15, 0.2) is 12.1 Å². The summed E-state index contributed by atoms with van der Waals surface area (Å²) in [6.07, 6.45) is 1.14. The second-order valence-corrected chi connectivity index (χ2v) is 4.86. The van der Waals surface area contributed by atoms with Gasteiger partial charge in [-0.2, -0.15) is 0 Å². The molecule has 3 radical (unpaired) electrons. The Kier molecular flexibility index (Phi) is 5.55. The molecule has 0 saturated carbocycles. The van der Waals surface area contributed by atoms with Crippen molar-refractivity contribution in [3.8, 4) is 0 Å². The van der Waals surface area contributed by atoms with Gasteiger partial charge in [-0.1, -0.05) is 25.1 Å². The molecule has 0 saturated heterocycles. The van der Waals surface area contributed by atoms with Gasteiger partial charge >= 0.3 is 0 Å². The molecule has 1 atom stereocenters. The monoisotopic (exact) mass is 247 g/mol. The number of rotatable bonds is 6. The van der Waals surface area contributed by atoms with Gasteiger partial charge in [-0.3, -0.25) is 0 Å². The maximum Gasteiger partial charge on any atom is 0.0716 e. The Morgan fingerprint density at radius 1 is 1.12 bits per heavy atom. The van der Waals surface area contributed by atoms with Crippen LogP contribution in [-0.4, -0.2) is 23.3 Å². The lowest BCUT2D eigenvalue weighted by Gasteiger charge is -2.22. The Bertz CT molecular complexity index is 363. The van der Waals surface area contributed by atoms with Gasteiger partial charge < -0.3 is 10.6 Å². The summed E-state index contributed by atoms with van der Waals surface area (Å²) in [7, 11) is 3.73. The summed E-state index contributed by atoms with van der Waals surface area (Å²) in [5.41, 5.74) is 3.83. The van der Waals surface area contributed by atoms with Crippen molar-refractivity contribution in [2.45, 2.75) is 40.0 Å². The second kappa shape index (κ2) is 6.69. The number of hydrogen-bond acceptors (Lipinski definition) is 2. The standard InChI is InChI=1S/C14H23N2Si/c1-5-10(4)13-12(17)9-8-11(15-6-2)14(13)16-7-3/h8-10,15-16H,5-7H2,1-4H3. The van der Waals surface area contributed by atoms with Crippen LogP contribution in [0.3, 0.4) is 0 Å². The minimum Gasteiger partial charge on any atom is -0.384 e. The van der Waals surface area contributed by atoms with Gasteiger partial charge in [-0.15, -0.1) is 0 Å². The lowest BCUT2D eigenvalue weighted by molar-refractivity contribution is 0.739. The molecule has 93 valence electrons. The van der Waals surface area contributed by atoms with E-state index < -0.39 is 0 Å². The van der Waals surface area contributed by atoms with Crippen LogP contribution in [0.1, 0.15) is 45.6 Å². The van der Waals surface area contributed by atoms with Crippen LogP contribution in [0.4, 0.5) is 11.4 Å². The topological polar surface area (TPSA) is 24.1 Å². The molecule has 0 aliphatic heterocycles. The molecule has 0 amide bonds. The predicted octanol–water partition coefficient (Wildman–Crippen LogP) is 2.86. The third kappa shape index (κ3) is 3.25. The summed E-state index contributed by atoms with van der Waals surface area (Å²) in [5.74, 6) is 0.551. The molecule has 1 unspecified atom stereocenters. The van der Waals surface area contributed by atoms with Crippen LogP contribution < -0.4 is 15.8 Å². The third-order valence-electron chi connectivity index (χ3n) is 3.07. The molecule has 0 aliphatic rings. The van der Waals surface area contributed by atoms with E-state index in [4.69, 9.17) is 0 Å². The fourth-order valence-corrected chi connectivity index (χ4v) is 2.50. The summed E-state index contributed by atoms with van der Waals surface area (Å²) in [6.45, 7) is 10.6. The minimum atomic E-state index is 0.551. The Morgan fingerprint density at radius 2 is 1.76 bits per heavy atom. The van der Waals surface area contributed by atoms with Gasteiger partial charge in [0.1, 0.15) is 0 Å². The van der Waals surface area contributed by atoms with E-state index in [-0.39, 0.29) is 0 Å². The van der Waals surface area contributed by atoms with E-state index in [1.165, 1.54) is 22.1 Å². The van der Waals surface area contributed by atoms with Gasteiger partial charge in [0.15, 0.2) is 0 Å². The molecule has 0 bridgehead atoms. The highest BCUT2D eigenvalue weighted by atomic mass is 28.1. The van der Waals surface area contributed by atoms with Crippen molar-refractivity contribution in [1.82, 2.24) is 0 Å². The molecule has 0 heterocycles. The van der Waals surface area contributed by atoms with Crippen molar-refractivity contribution < 1.29 is 0 Å². The van der Waals surface area contributed by atoms with Crippen molar-refractivity contribution >= 4 is 26.8 Å². The smallest absolute Gasteiger partial charge is 0.0716 e. The molecule has 2 nitrogen and oxygen atoms in total. The van der Waals surface area contributed by atoms with Gasteiger partial charge in [0.05, 0.1) is 21.6 Å². The van der Waals surface area contributed by atoms with Gasteiger partial charge in [-0.25, -0.2) is 0 Å². The first-order valence-corrected chi connectivity index (χ1v) is 7.01. The normalized spacial score (nSPS) is 12.3.